The summed E-state index contributed by atoms with van der Waals surface area (Å²) in [6, 6.07) is 0. The largest absolute Gasteiger partial charge is 0.384 e. The minimum absolute atomic E-state index is 0.139. The molecule has 1 unspecified atom stereocenters. The lowest BCUT2D eigenvalue weighted by molar-refractivity contribution is -0.0505. The smallest absolute Gasteiger partial charge is 0.237 e. The molecule has 1 aliphatic rings. The second-order valence-electron chi connectivity index (χ2n) is 2.68. The maximum absolute atomic E-state index is 5.34. The van der Waals surface area contributed by atoms with Gasteiger partial charge >= 0.3 is 0 Å². The molecule has 3 nitrogen and oxygen atoms in total. The zero-order valence-corrected chi connectivity index (χ0v) is 7.46. The molecule has 0 saturated heterocycles. The number of hydrogen-bond donors (Lipinski definition) is 0. The van der Waals surface area contributed by atoms with Crippen LogP contribution in [0, 0.1) is 0 Å². The van der Waals surface area contributed by atoms with E-state index in [1.807, 2.05) is 33.9 Å². The fourth-order valence-electron chi connectivity index (χ4n) is 0.785. The van der Waals surface area contributed by atoms with Crippen LogP contribution >= 0.6 is 0 Å². The molecule has 3 heteroatoms. The molecule has 62 valence electrons. The van der Waals surface area contributed by atoms with Gasteiger partial charge in [0.1, 0.15) is 6.17 Å². The van der Waals surface area contributed by atoms with Gasteiger partial charge in [-0.15, -0.1) is 5.06 Å². The van der Waals surface area contributed by atoms with Gasteiger partial charge in [-0.25, -0.2) is 4.99 Å². The van der Waals surface area contributed by atoms with E-state index in [4.69, 9.17) is 4.84 Å². The normalized spacial score (nSPS) is 26.7. The maximum atomic E-state index is 5.34. The molecule has 0 aromatic heterocycles. The van der Waals surface area contributed by atoms with Crippen LogP contribution in [0.15, 0.2) is 16.6 Å². The second kappa shape index (κ2) is 3.05. The van der Waals surface area contributed by atoms with Gasteiger partial charge in [0.2, 0.25) is 5.90 Å². The molecule has 1 heterocycles. The number of aliphatic imine (C=N–C) groups is 1. The molecule has 11 heavy (non-hydrogen) atoms. The van der Waals surface area contributed by atoms with Crippen LogP contribution in [0.2, 0.25) is 0 Å². The second-order valence-corrected chi connectivity index (χ2v) is 2.68. The summed E-state index contributed by atoms with van der Waals surface area (Å²) >= 11 is 0. The maximum Gasteiger partial charge on any atom is 0.237 e. The SMILES string of the molecule is C/C=C(\C)C1=NC(C)N(C)O1. The van der Waals surface area contributed by atoms with Crippen molar-refractivity contribution in [3.8, 4) is 0 Å². The van der Waals surface area contributed by atoms with Crippen molar-refractivity contribution in [3.05, 3.63) is 11.6 Å². The highest BCUT2D eigenvalue weighted by atomic mass is 16.7. The summed E-state index contributed by atoms with van der Waals surface area (Å²) in [5.74, 6) is 0.738. The van der Waals surface area contributed by atoms with E-state index in [0.29, 0.717) is 0 Å². The van der Waals surface area contributed by atoms with E-state index in [0.717, 1.165) is 11.5 Å². The van der Waals surface area contributed by atoms with Crippen LogP contribution in [-0.2, 0) is 4.84 Å². The zero-order chi connectivity index (χ0) is 8.43. The Labute approximate surface area is 67.3 Å². The molecule has 0 saturated carbocycles. The first kappa shape index (κ1) is 8.27. The van der Waals surface area contributed by atoms with Gasteiger partial charge in [-0.05, 0) is 20.8 Å². The van der Waals surface area contributed by atoms with Gasteiger partial charge in [0.25, 0.3) is 0 Å². The van der Waals surface area contributed by atoms with Gasteiger partial charge in [-0.1, -0.05) is 6.08 Å². The van der Waals surface area contributed by atoms with Crippen LogP contribution in [-0.4, -0.2) is 24.2 Å². The summed E-state index contributed by atoms with van der Waals surface area (Å²) in [5.41, 5.74) is 1.08. The van der Waals surface area contributed by atoms with Crippen molar-refractivity contribution in [3.63, 3.8) is 0 Å². The molecule has 0 spiro atoms. The third kappa shape index (κ3) is 1.60. The summed E-state index contributed by atoms with van der Waals surface area (Å²) in [5, 5.41) is 1.74. The van der Waals surface area contributed by atoms with Crippen molar-refractivity contribution in [1.29, 1.82) is 0 Å². The van der Waals surface area contributed by atoms with Gasteiger partial charge in [-0.3, -0.25) is 0 Å². The van der Waals surface area contributed by atoms with E-state index in [9.17, 15) is 0 Å². The van der Waals surface area contributed by atoms with Crippen molar-refractivity contribution in [2.24, 2.45) is 4.99 Å². The number of allylic oxidation sites excluding steroid dienone is 1. The quantitative estimate of drug-likeness (QED) is 0.572. The molecular weight excluding hydrogens is 140 g/mol. The van der Waals surface area contributed by atoms with Crippen molar-refractivity contribution in [2.45, 2.75) is 26.9 Å². The van der Waals surface area contributed by atoms with Crippen LogP contribution in [0.5, 0.6) is 0 Å². The Bertz CT molecular complexity index is 208. The Morgan fingerprint density at radius 2 is 2.36 bits per heavy atom. The molecule has 0 aromatic carbocycles. The summed E-state index contributed by atoms with van der Waals surface area (Å²) in [4.78, 5) is 9.63. The molecule has 0 aliphatic carbocycles. The van der Waals surface area contributed by atoms with E-state index in [-0.39, 0.29) is 6.17 Å². The summed E-state index contributed by atoms with van der Waals surface area (Å²) in [6.07, 6.45) is 2.13. The minimum atomic E-state index is 0.139. The van der Waals surface area contributed by atoms with Crippen molar-refractivity contribution >= 4 is 5.90 Å². The molecular formula is C8H14N2O. The fourth-order valence-corrected chi connectivity index (χ4v) is 0.785. The first-order valence-corrected chi connectivity index (χ1v) is 3.77. The molecule has 0 bridgehead atoms. The fraction of sp³-hybridized carbons (Fsp3) is 0.625. The van der Waals surface area contributed by atoms with E-state index in [1.54, 1.807) is 5.06 Å². The van der Waals surface area contributed by atoms with Gasteiger partial charge < -0.3 is 4.84 Å². The van der Waals surface area contributed by atoms with E-state index >= 15 is 0 Å². The predicted molar refractivity (Wildman–Crippen MR) is 45.2 cm³/mol. The van der Waals surface area contributed by atoms with Gasteiger partial charge in [0.15, 0.2) is 0 Å². The van der Waals surface area contributed by atoms with E-state index in [2.05, 4.69) is 4.99 Å². The van der Waals surface area contributed by atoms with Crippen molar-refractivity contribution in [1.82, 2.24) is 5.06 Å². The summed E-state index contributed by atoms with van der Waals surface area (Å²) in [6.45, 7) is 5.96. The topological polar surface area (TPSA) is 24.8 Å². The number of hydrogen-bond acceptors (Lipinski definition) is 3. The van der Waals surface area contributed by atoms with Crippen LogP contribution in [0.4, 0.5) is 0 Å². The monoisotopic (exact) mass is 154 g/mol. The summed E-state index contributed by atoms with van der Waals surface area (Å²) < 4.78 is 0. The number of nitrogens with zero attached hydrogens (tertiary/aromatic N) is 2. The van der Waals surface area contributed by atoms with E-state index in [1.165, 1.54) is 0 Å². The highest BCUT2D eigenvalue weighted by Gasteiger charge is 2.21. The van der Waals surface area contributed by atoms with Crippen LogP contribution in [0.3, 0.4) is 0 Å². The van der Waals surface area contributed by atoms with Crippen LogP contribution in [0.25, 0.3) is 0 Å². The molecule has 1 rings (SSSR count). The lowest BCUT2D eigenvalue weighted by atomic mass is 10.3. The average molecular weight is 154 g/mol. The number of hydroxylamine groups is 2. The molecule has 0 radical (unpaired) electrons. The highest BCUT2D eigenvalue weighted by Crippen LogP contribution is 2.13. The number of rotatable bonds is 1. The standard InChI is InChI=1S/C8H14N2O/c1-5-6(2)8-9-7(3)10(4)11-8/h5,7H,1-4H3/b6-5+. The lowest BCUT2D eigenvalue weighted by Gasteiger charge is -2.11. The van der Waals surface area contributed by atoms with Crippen molar-refractivity contribution < 1.29 is 4.84 Å². The van der Waals surface area contributed by atoms with Gasteiger partial charge in [-0.2, -0.15) is 0 Å². The van der Waals surface area contributed by atoms with Gasteiger partial charge in [0.05, 0.1) is 0 Å². The highest BCUT2D eigenvalue weighted by molar-refractivity contribution is 5.93. The Morgan fingerprint density at radius 3 is 2.73 bits per heavy atom. The van der Waals surface area contributed by atoms with Crippen LogP contribution in [0.1, 0.15) is 20.8 Å². The Kier molecular flexibility index (Phi) is 2.29. The van der Waals surface area contributed by atoms with Crippen LogP contribution < -0.4 is 0 Å². The zero-order valence-electron chi connectivity index (χ0n) is 7.46. The third-order valence-electron chi connectivity index (χ3n) is 1.83. The van der Waals surface area contributed by atoms with E-state index < -0.39 is 0 Å². The Balaban J connectivity index is 2.71. The van der Waals surface area contributed by atoms with Crippen molar-refractivity contribution in [2.75, 3.05) is 7.05 Å². The minimum Gasteiger partial charge on any atom is -0.384 e. The summed E-state index contributed by atoms with van der Waals surface area (Å²) in [7, 11) is 1.88. The molecule has 1 atom stereocenters. The molecule has 0 fully saturated rings. The average Bonchev–Trinajstić information content (AvgIpc) is 2.31. The Hall–Kier alpha value is -0.830. The first-order valence-electron chi connectivity index (χ1n) is 3.77. The molecule has 0 aromatic rings. The first-order chi connectivity index (χ1) is 5.15. The molecule has 0 N–H and O–H groups in total. The Morgan fingerprint density at radius 1 is 1.73 bits per heavy atom. The lowest BCUT2D eigenvalue weighted by Crippen LogP contribution is -2.21. The third-order valence-corrected chi connectivity index (χ3v) is 1.83. The molecule has 0 amide bonds. The predicted octanol–water partition coefficient (Wildman–Crippen LogP) is 1.57. The van der Waals surface area contributed by atoms with Gasteiger partial charge in [0, 0.05) is 12.6 Å². The molecule has 1 aliphatic heterocycles.